The Balaban J connectivity index is 0.00000169. The van der Waals surface area contributed by atoms with Gasteiger partial charge in [-0.25, -0.2) is 14.6 Å². The number of aromatic nitrogens is 1. The summed E-state index contributed by atoms with van der Waals surface area (Å²) in [6, 6.07) is 1.22. The smallest absolute Gasteiger partial charge is 0.355 e. The molecule has 1 rings (SSSR count). The molecule has 1 aromatic heterocycles. The number of halogens is 1. The lowest BCUT2D eigenvalue weighted by Gasteiger charge is -2.00. The third kappa shape index (κ3) is 2.18. The van der Waals surface area contributed by atoms with Crippen molar-refractivity contribution in [1.29, 1.82) is 0 Å². The largest absolute Gasteiger partial charge is 0.478 e. The van der Waals surface area contributed by atoms with E-state index in [4.69, 9.17) is 21.8 Å². The maximum atomic E-state index is 10.6. The Morgan fingerprint density at radius 1 is 1.29 bits per heavy atom. The molecule has 7 heteroatoms. The van der Waals surface area contributed by atoms with Crippen molar-refractivity contribution in [3.05, 3.63) is 28.5 Å². The Morgan fingerprint density at radius 2 is 1.86 bits per heavy atom. The number of pyridine rings is 1. The maximum Gasteiger partial charge on any atom is 0.355 e. The molecule has 0 bridgehead atoms. The molecule has 6 nitrogen and oxygen atoms in total. The SMILES string of the molecule is N.O=C(O)c1nccc(Cl)c1C(=O)O. The Bertz CT molecular complexity index is 380. The van der Waals surface area contributed by atoms with Crippen LogP contribution in [0, 0.1) is 0 Å². The number of rotatable bonds is 2. The first-order chi connectivity index (χ1) is 6.04. The van der Waals surface area contributed by atoms with Gasteiger partial charge in [-0.15, -0.1) is 0 Å². The maximum absolute atomic E-state index is 10.6. The number of hydrogen-bond donors (Lipinski definition) is 3. The lowest BCUT2D eigenvalue weighted by molar-refractivity contribution is 0.0646. The van der Waals surface area contributed by atoms with Gasteiger partial charge in [-0.3, -0.25) is 0 Å². The molecular formula is C7H7ClN2O4. The Kier molecular flexibility index (Phi) is 4.00. The Hall–Kier alpha value is -1.66. The van der Waals surface area contributed by atoms with Crippen LogP contribution in [0.15, 0.2) is 12.3 Å². The van der Waals surface area contributed by atoms with E-state index in [1.54, 1.807) is 0 Å². The second-order valence-corrected chi connectivity index (χ2v) is 2.53. The van der Waals surface area contributed by atoms with E-state index < -0.39 is 23.2 Å². The molecular weight excluding hydrogens is 212 g/mol. The highest BCUT2D eigenvalue weighted by Gasteiger charge is 2.20. The quantitative estimate of drug-likeness (QED) is 0.687. The van der Waals surface area contributed by atoms with Crippen molar-refractivity contribution in [2.75, 3.05) is 0 Å². The molecule has 0 radical (unpaired) electrons. The van der Waals surface area contributed by atoms with Gasteiger partial charge in [0.25, 0.3) is 0 Å². The Labute approximate surface area is 83.7 Å². The van der Waals surface area contributed by atoms with Gasteiger partial charge < -0.3 is 16.4 Å². The first-order valence-corrected chi connectivity index (χ1v) is 3.53. The molecule has 0 aliphatic rings. The molecule has 0 fully saturated rings. The lowest BCUT2D eigenvalue weighted by Crippen LogP contribution is -2.10. The summed E-state index contributed by atoms with van der Waals surface area (Å²) < 4.78 is 0. The molecule has 0 atom stereocenters. The highest BCUT2D eigenvalue weighted by atomic mass is 35.5. The number of nitrogens with zero attached hydrogens (tertiary/aromatic N) is 1. The topological polar surface area (TPSA) is 122 Å². The zero-order valence-corrected chi connectivity index (χ0v) is 7.65. The van der Waals surface area contributed by atoms with E-state index in [9.17, 15) is 9.59 Å². The van der Waals surface area contributed by atoms with Gasteiger partial charge in [-0.1, -0.05) is 11.6 Å². The molecule has 1 heterocycles. The summed E-state index contributed by atoms with van der Waals surface area (Å²) in [6.07, 6.45) is 1.14. The molecule has 0 unspecified atom stereocenters. The van der Waals surface area contributed by atoms with Crippen LogP contribution in [-0.2, 0) is 0 Å². The van der Waals surface area contributed by atoms with Crippen molar-refractivity contribution in [3.63, 3.8) is 0 Å². The predicted molar refractivity (Wildman–Crippen MR) is 48.2 cm³/mol. The van der Waals surface area contributed by atoms with Crippen LogP contribution in [0.25, 0.3) is 0 Å². The molecule has 0 saturated heterocycles. The van der Waals surface area contributed by atoms with E-state index in [-0.39, 0.29) is 11.2 Å². The first kappa shape index (κ1) is 12.3. The van der Waals surface area contributed by atoms with E-state index in [0.29, 0.717) is 0 Å². The minimum atomic E-state index is -1.42. The molecule has 0 aliphatic carbocycles. The fraction of sp³-hybridized carbons (Fsp3) is 0. The van der Waals surface area contributed by atoms with E-state index in [2.05, 4.69) is 4.98 Å². The van der Waals surface area contributed by atoms with Crippen LogP contribution < -0.4 is 6.15 Å². The van der Waals surface area contributed by atoms with Gasteiger partial charge in [-0.2, -0.15) is 0 Å². The standard InChI is InChI=1S/C7H4ClNO4.H3N/c8-3-1-2-9-5(7(12)13)4(3)6(10)11;/h1-2H,(H,10,11)(H,12,13);1H3. The van der Waals surface area contributed by atoms with Crippen molar-refractivity contribution in [1.82, 2.24) is 11.1 Å². The fourth-order valence-corrected chi connectivity index (χ4v) is 1.03. The number of carboxylic acids is 2. The van der Waals surface area contributed by atoms with Crippen LogP contribution in [0.4, 0.5) is 0 Å². The zero-order chi connectivity index (χ0) is 10.0. The average molecular weight is 219 g/mol. The van der Waals surface area contributed by atoms with Crippen LogP contribution in [0.1, 0.15) is 20.8 Å². The number of carbonyl (C=O) groups is 2. The average Bonchev–Trinajstić information content (AvgIpc) is 2.02. The molecule has 0 spiro atoms. The molecule has 5 N–H and O–H groups in total. The van der Waals surface area contributed by atoms with E-state index in [1.807, 2.05) is 0 Å². The summed E-state index contributed by atoms with van der Waals surface area (Å²) in [7, 11) is 0. The van der Waals surface area contributed by atoms with Crippen LogP contribution in [0.2, 0.25) is 5.02 Å². The molecule has 76 valence electrons. The normalized spacial score (nSPS) is 8.93. The highest BCUT2D eigenvalue weighted by Crippen LogP contribution is 2.17. The third-order valence-electron chi connectivity index (χ3n) is 1.32. The molecule has 0 amide bonds. The first-order valence-electron chi connectivity index (χ1n) is 3.15. The second kappa shape index (κ2) is 4.54. The van der Waals surface area contributed by atoms with Crippen LogP contribution in [0.5, 0.6) is 0 Å². The van der Waals surface area contributed by atoms with Crippen molar-refractivity contribution in [2.45, 2.75) is 0 Å². The van der Waals surface area contributed by atoms with Crippen LogP contribution in [0.3, 0.4) is 0 Å². The molecule has 0 aliphatic heterocycles. The minimum absolute atomic E-state index is 0. The molecule has 14 heavy (non-hydrogen) atoms. The third-order valence-corrected chi connectivity index (χ3v) is 1.63. The molecule has 1 aromatic rings. The fourth-order valence-electron chi connectivity index (χ4n) is 0.804. The zero-order valence-electron chi connectivity index (χ0n) is 6.90. The number of aromatic carboxylic acids is 2. The summed E-state index contributed by atoms with van der Waals surface area (Å²) in [5, 5.41) is 17.0. The molecule has 0 saturated carbocycles. The van der Waals surface area contributed by atoms with Gasteiger partial charge in [0.05, 0.1) is 5.02 Å². The van der Waals surface area contributed by atoms with E-state index in [1.165, 1.54) is 6.07 Å². The van der Waals surface area contributed by atoms with Crippen molar-refractivity contribution >= 4 is 23.5 Å². The van der Waals surface area contributed by atoms with Gasteiger partial charge in [0.1, 0.15) is 5.56 Å². The summed E-state index contributed by atoms with van der Waals surface area (Å²) in [4.78, 5) is 24.4. The van der Waals surface area contributed by atoms with Gasteiger partial charge in [0.15, 0.2) is 5.69 Å². The van der Waals surface area contributed by atoms with Gasteiger partial charge in [-0.05, 0) is 6.07 Å². The van der Waals surface area contributed by atoms with Gasteiger partial charge in [0, 0.05) is 6.20 Å². The van der Waals surface area contributed by atoms with E-state index >= 15 is 0 Å². The summed E-state index contributed by atoms with van der Waals surface area (Å²) >= 11 is 5.48. The predicted octanol–water partition coefficient (Wildman–Crippen LogP) is 1.29. The second-order valence-electron chi connectivity index (χ2n) is 2.13. The van der Waals surface area contributed by atoms with Crippen molar-refractivity contribution in [2.24, 2.45) is 0 Å². The van der Waals surface area contributed by atoms with Crippen LogP contribution >= 0.6 is 11.6 Å². The van der Waals surface area contributed by atoms with Gasteiger partial charge in [0.2, 0.25) is 0 Å². The lowest BCUT2D eigenvalue weighted by atomic mass is 10.2. The number of carboxylic acid groups (broad SMARTS) is 2. The minimum Gasteiger partial charge on any atom is -0.478 e. The van der Waals surface area contributed by atoms with E-state index in [0.717, 1.165) is 6.20 Å². The van der Waals surface area contributed by atoms with Crippen molar-refractivity contribution < 1.29 is 19.8 Å². The molecule has 0 aromatic carbocycles. The summed E-state index contributed by atoms with van der Waals surface area (Å²) in [5.41, 5.74) is -1.04. The van der Waals surface area contributed by atoms with Crippen LogP contribution in [-0.4, -0.2) is 27.1 Å². The Morgan fingerprint density at radius 3 is 2.21 bits per heavy atom. The van der Waals surface area contributed by atoms with Gasteiger partial charge >= 0.3 is 11.9 Å². The monoisotopic (exact) mass is 218 g/mol. The highest BCUT2D eigenvalue weighted by molar-refractivity contribution is 6.34. The number of hydrogen-bond acceptors (Lipinski definition) is 4. The summed E-state index contributed by atoms with van der Waals surface area (Å²) in [5.74, 6) is -2.82. The van der Waals surface area contributed by atoms with Crippen molar-refractivity contribution in [3.8, 4) is 0 Å². The summed E-state index contributed by atoms with van der Waals surface area (Å²) in [6.45, 7) is 0.